The van der Waals surface area contributed by atoms with Crippen LogP contribution >= 0.6 is 11.8 Å². The Hall–Kier alpha value is -3.00. The predicted octanol–water partition coefficient (Wildman–Crippen LogP) is 4.22. The molecule has 138 valence electrons. The van der Waals surface area contributed by atoms with Gasteiger partial charge < -0.3 is 13.9 Å². The van der Waals surface area contributed by atoms with Crippen molar-refractivity contribution < 1.29 is 18.7 Å². The van der Waals surface area contributed by atoms with Gasteiger partial charge in [-0.05, 0) is 36.4 Å². The molecule has 0 aliphatic carbocycles. The summed E-state index contributed by atoms with van der Waals surface area (Å²) in [4.78, 5) is 13.5. The number of nitrogens with one attached hydrogen (secondary N) is 1. The first kappa shape index (κ1) is 17.4. The smallest absolute Gasteiger partial charge is 0.322 e. The molecule has 2 aromatic carbocycles. The van der Waals surface area contributed by atoms with E-state index in [0.29, 0.717) is 28.2 Å². The van der Waals surface area contributed by atoms with Gasteiger partial charge in [-0.1, -0.05) is 25.0 Å². The van der Waals surface area contributed by atoms with Crippen LogP contribution in [0.4, 0.5) is 6.01 Å². The van der Waals surface area contributed by atoms with Gasteiger partial charge in [0.2, 0.25) is 12.7 Å². The number of benzene rings is 2. The van der Waals surface area contributed by atoms with Gasteiger partial charge in [0.15, 0.2) is 11.5 Å². The van der Waals surface area contributed by atoms with Gasteiger partial charge in [0.05, 0.1) is 0 Å². The Morgan fingerprint density at radius 2 is 1.96 bits per heavy atom. The third kappa shape index (κ3) is 3.90. The van der Waals surface area contributed by atoms with Crippen molar-refractivity contribution in [1.82, 2.24) is 10.2 Å². The van der Waals surface area contributed by atoms with Crippen LogP contribution in [0.15, 0.2) is 51.8 Å². The first-order valence-corrected chi connectivity index (χ1v) is 9.28. The molecule has 1 aliphatic rings. The molecule has 0 bridgehead atoms. The number of aromatic nitrogens is 2. The minimum atomic E-state index is -0.368. The standard InChI is InChI=1S/C19H17N3O4S/c1-11(2)27-14-5-3-4-13(8-14)18-21-22-19(26-18)20-17(23)12-6-7-15-16(9-12)25-10-24-15/h3-9,11H,10H2,1-2H3,(H,20,22,23). The highest BCUT2D eigenvalue weighted by atomic mass is 32.2. The second-order valence-electron chi connectivity index (χ2n) is 6.13. The number of carbonyl (C=O) groups is 1. The molecule has 0 saturated heterocycles. The zero-order valence-corrected chi connectivity index (χ0v) is 15.6. The Bertz CT molecular complexity index is 987. The van der Waals surface area contributed by atoms with Crippen LogP contribution in [0.2, 0.25) is 0 Å². The number of rotatable bonds is 5. The highest BCUT2D eigenvalue weighted by Gasteiger charge is 2.18. The van der Waals surface area contributed by atoms with E-state index in [2.05, 4.69) is 29.4 Å². The van der Waals surface area contributed by atoms with Gasteiger partial charge in [0.25, 0.3) is 5.91 Å². The van der Waals surface area contributed by atoms with E-state index in [4.69, 9.17) is 13.9 Å². The van der Waals surface area contributed by atoms with Crippen LogP contribution < -0.4 is 14.8 Å². The minimum absolute atomic E-state index is 0.0367. The molecule has 3 aromatic rings. The van der Waals surface area contributed by atoms with Gasteiger partial charge in [-0.3, -0.25) is 10.1 Å². The van der Waals surface area contributed by atoms with Crippen molar-refractivity contribution >= 4 is 23.7 Å². The number of carbonyl (C=O) groups excluding carboxylic acids is 1. The van der Waals surface area contributed by atoms with E-state index in [1.165, 1.54) is 0 Å². The molecule has 0 unspecified atom stereocenters. The van der Waals surface area contributed by atoms with Crippen molar-refractivity contribution in [2.24, 2.45) is 0 Å². The number of anilines is 1. The fraction of sp³-hybridized carbons (Fsp3) is 0.211. The summed E-state index contributed by atoms with van der Waals surface area (Å²) < 4.78 is 16.1. The molecular formula is C19H17N3O4S. The molecule has 0 fully saturated rings. The van der Waals surface area contributed by atoms with Crippen LogP contribution in [0, 0.1) is 0 Å². The van der Waals surface area contributed by atoms with Crippen molar-refractivity contribution in [2.45, 2.75) is 24.0 Å². The Kier molecular flexibility index (Phi) is 4.72. The molecule has 0 saturated carbocycles. The van der Waals surface area contributed by atoms with Crippen LogP contribution in [0.25, 0.3) is 11.5 Å². The van der Waals surface area contributed by atoms with Crippen LogP contribution in [0.3, 0.4) is 0 Å². The zero-order chi connectivity index (χ0) is 18.8. The third-order valence-electron chi connectivity index (χ3n) is 3.73. The van der Waals surface area contributed by atoms with Crippen LogP contribution in [0.1, 0.15) is 24.2 Å². The second kappa shape index (κ2) is 7.32. The van der Waals surface area contributed by atoms with Crippen LogP contribution in [-0.4, -0.2) is 28.1 Å². The molecule has 1 aliphatic heterocycles. The predicted molar refractivity (Wildman–Crippen MR) is 101 cm³/mol. The fourth-order valence-corrected chi connectivity index (χ4v) is 3.47. The van der Waals surface area contributed by atoms with Crippen molar-refractivity contribution in [2.75, 3.05) is 12.1 Å². The van der Waals surface area contributed by atoms with Crippen molar-refractivity contribution in [1.29, 1.82) is 0 Å². The lowest BCUT2D eigenvalue weighted by Crippen LogP contribution is -2.12. The molecule has 1 N–H and O–H groups in total. The van der Waals surface area contributed by atoms with Crippen molar-refractivity contribution in [3.63, 3.8) is 0 Å². The Morgan fingerprint density at radius 1 is 1.11 bits per heavy atom. The SMILES string of the molecule is CC(C)Sc1cccc(-c2nnc(NC(=O)c3ccc4c(c3)OCO4)o2)c1. The number of hydrogen-bond donors (Lipinski definition) is 1. The van der Waals surface area contributed by atoms with E-state index in [0.717, 1.165) is 10.5 Å². The number of thioether (sulfide) groups is 1. The van der Waals surface area contributed by atoms with Gasteiger partial charge in [-0.15, -0.1) is 16.9 Å². The number of fused-ring (bicyclic) bond motifs is 1. The van der Waals surface area contributed by atoms with Crippen LogP contribution in [0.5, 0.6) is 11.5 Å². The number of nitrogens with zero attached hydrogens (tertiary/aromatic N) is 2. The lowest BCUT2D eigenvalue weighted by atomic mass is 10.2. The highest BCUT2D eigenvalue weighted by molar-refractivity contribution is 7.99. The topological polar surface area (TPSA) is 86.5 Å². The molecule has 1 aromatic heterocycles. The largest absolute Gasteiger partial charge is 0.454 e. The van der Waals surface area contributed by atoms with Crippen molar-refractivity contribution in [3.8, 4) is 23.0 Å². The normalized spacial score (nSPS) is 12.4. The molecule has 0 radical (unpaired) electrons. The summed E-state index contributed by atoms with van der Waals surface area (Å²) in [6, 6.07) is 12.8. The summed E-state index contributed by atoms with van der Waals surface area (Å²) in [5.74, 6) is 1.13. The average molecular weight is 383 g/mol. The summed E-state index contributed by atoms with van der Waals surface area (Å²) in [7, 11) is 0. The third-order valence-corrected chi connectivity index (χ3v) is 4.73. The molecule has 8 heteroatoms. The summed E-state index contributed by atoms with van der Waals surface area (Å²) >= 11 is 1.75. The van der Waals surface area contributed by atoms with Gasteiger partial charge in [0, 0.05) is 21.3 Å². The van der Waals surface area contributed by atoms with Crippen molar-refractivity contribution in [3.05, 3.63) is 48.0 Å². The fourth-order valence-electron chi connectivity index (χ4n) is 2.57. The van der Waals surface area contributed by atoms with Crippen LogP contribution in [-0.2, 0) is 0 Å². The molecule has 0 spiro atoms. The lowest BCUT2D eigenvalue weighted by molar-refractivity contribution is 0.102. The maximum absolute atomic E-state index is 12.4. The van der Waals surface area contributed by atoms with Gasteiger partial charge >= 0.3 is 6.01 Å². The number of amides is 1. The summed E-state index contributed by atoms with van der Waals surface area (Å²) in [5, 5.41) is 11.0. The van der Waals surface area contributed by atoms with Gasteiger partial charge in [0.1, 0.15) is 0 Å². The molecule has 27 heavy (non-hydrogen) atoms. The maximum Gasteiger partial charge on any atom is 0.322 e. The Labute approximate surface area is 160 Å². The summed E-state index contributed by atoms with van der Waals surface area (Å²) in [6.07, 6.45) is 0. The van der Waals surface area contributed by atoms with E-state index < -0.39 is 0 Å². The minimum Gasteiger partial charge on any atom is -0.454 e. The quantitative estimate of drug-likeness (QED) is 0.660. The first-order chi connectivity index (χ1) is 13.1. The Morgan fingerprint density at radius 3 is 2.81 bits per heavy atom. The van der Waals surface area contributed by atoms with E-state index in [-0.39, 0.29) is 18.7 Å². The molecule has 2 heterocycles. The number of hydrogen-bond acceptors (Lipinski definition) is 7. The highest BCUT2D eigenvalue weighted by Crippen LogP contribution is 2.33. The van der Waals surface area contributed by atoms with E-state index in [1.54, 1.807) is 30.0 Å². The Balaban J connectivity index is 1.49. The van der Waals surface area contributed by atoms with Gasteiger partial charge in [-0.25, -0.2) is 0 Å². The molecule has 0 atom stereocenters. The van der Waals surface area contributed by atoms with E-state index >= 15 is 0 Å². The average Bonchev–Trinajstić information content (AvgIpc) is 3.29. The first-order valence-electron chi connectivity index (χ1n) is 8.40. The lowest BCUT2D eigenvalue weighted by Gasteiger charge is -2.05. The zero-order valence-electron chi connectivity index (χ0n) is 14.8. The molecule has 7 nitrogen and oxygen atoms in total. The molecule has 4 rings (SSSR count). The monoisotopic (exact) mass is 383 g/mol. The summed E-state index contributed by atoms with van der Waals surface area (Å²) in [6.45, 7) is 4.42. The van der Waals surface area contributed by atoms with Gasteiger partial charge in [-0.2, -0.15) is 0 Å². The molecular weight excluding hydrogens is 366 g/mol. The van der Waals surface area contributed by atoms with E-state index in [1.807, 2.05) is 24.3 Å². The maximum atomic E-state index is 12.4. The molecule has 1 amide bonds. The number of ether oxygens (including phenoxy) is 2. The summed E-state index contributed by atoms with van der Waals surface area (Å²) in [5.41, 5.74) is 1.21. The van der Waals surface area contributed by atoms with E-state index in [9.17, 15) is 4.79 Å². The second-order valence-corrected chi connectivity index (χ2v) is 7.78.